The van der Waals surface area contributed by atoms with Crippen LogP contribution in [0.4, 0.5) is 5.95 Å². The summed E-state index contributed by atoms with van der Waals surface area (Å²) in [6.45, 7) is 1.70. The highest BCUT2D eigenvalue weighted by Gasteiger charge is 2.18. The lowest BCUT2D eigenvalue weighted by Gasteiger charge is -2.14. The van der Waals surface area contributed by atoms with Crippen LogP contribution in [-0.2, 0) is 11.8 Å². The predicted octanol–water partition coefficient (Wildman–Crippen LogP) is 2.37. The van der Waals surface area contributed by atoms with Crippen molar-refractivity contribution < 1.29 is 9.53 Å². The molecule has 0 fully saturated rings. The number of amides is 1. The first kappa shape index (κ1) is 14.1. The average molecular weight is 296 g/mol. The van der Waals surface area contributed by atoms with Gasteiger partial charge in [-0.3, -0.25) is 14.7 Å². The molecule has 2 heterocycles. The second-order valence-corrected chi connectivity index (χ2v) is 4.90. The van der Waals surface area contributed by atoms with Crippen LogP contribution in [0.1, 0.15) is 6.92 Å². The number of benzene rings is 1. The van der Waals surface area contributed by atoms with Crippen molar-refractivity contribution in [1.82, 2.24) is 14.5 Å². The maximum atomic E-state index is 12.2. The van der Waals surface area contributed by atoms with Crippen molar-refractivity contribution in [2.24, 2.45) is 7.05 Å². The Bertz CT molecular complexity index is 798. The zero-order valence-corrected chi connectivity index (χ0v) is 12.4. The van der Waals surface area contributed by atoms with Crippen LogP contribution in [-0.4, -0.2) is 26.5 Å². The number of para-hydroxylation sites is 1. The number of aryl methyl sites for hydroxylation is 1. The number of fused-ring (bicyclic) bond motifs is 1. The Morgan fingerprint density at radius 1 is 1.23 bits per heavy atom. The first-order valence-electron chi connectivity index (χ1n) is 6.95. The molecule has 22 heavy (non-hydrogen) atoms. The Balaban J connectivity index is 1.74. The number of hydrogen-bond donors (Lipinski definition) is 1. The molecule has 1 aromatic carbocycles. The molecule has 6 nitrogen and oxygen atoms in total. The molecule has 1 atom stereocenters. The minimum absolute atomic E-state index is 0.262. The molecule has 0 aliphatic carbocycles. The number of nitrogens with zero attached hydrogens (tertiary/aromatic N) is 3. The van der Waals surface area contributed by atoms with Crippen LogP contribution < -0.4 is 10.1 Å². The molecule has 2 aromatic heterocycles. The van der Waals surface area contributed by atoms with E-state index in [-0.39, 0.29) is 5.91 Å². The van der Waals surface area contributed by atoms with E-state index < -0.39 is 6.10 Å². The van der Waals surface area contributed by atoms with E-state index in [1.54, 1.807) is 24.7 Å². The fraction of sp³-hybridized carbons (Fsp3) is 0.188. The molecule has 0 aliphatic rings. The molecular formula is C16H16N4O2. The van der Waals surface area contributed by atoms with Gasteiger partial charge < -0.3 is 4.74 Å². The van der Waals surface area contributed by atoms with Gasteiger partial charge in [0.15, 0.2) is 11.8 Å². The standard InChI is InChI=1S/C16H16N4O2/c1-11(22-12-7-4-3-5-8-12)15(21)19-16-18-13-9-6-10-17-14(13)20(16)2/h3-11H,1-2H3,(H,18,19,21). The third-order valence-electron chi connectivity index (χ3n) is 3.29. The SMILES string of the molecule is CC(Oc1ccccc1)C(=O)Nc1nc2cccnc2n1C. The highest BCUT2D eigenvalue weighted by Crippen LogP contribution is 2.16. The summed E-state index contributed by atoms with van der Waals surface area (Å²) in [6.07, 6.45) is 1.06. The summed E-state index contributed by atoms with van der Waals surface area (Å²) >= 11 is 0. The van der Waals surface area contributed by atoms with Crippen molar-refractivity contribution in [2.75, 3.05) is 5.32 Å². The molecule has 0 saturated carbocycles. The molecule has 1 N–H and O–H groups in total. The lowest BCUT2D eigenvalue weighted by Crippen LogP contribution is -2.31. The molecule has 0 saturated heterocycles. The van der Waals surface area contributed by atoms with E-state index in [1.165, 1.54) is 0 Å². The number of anilines is 1. The second kappa shape index (κ2) is 5.85. The number of aromatic nitrogens is 3. The van der Waals surface area contributed by atoms with Gasteiger partial charge in [0.25, 0.3) is 5.91 Å². The minimum Gasteiger partial charge on any atom is -0.481 e. The van der Waals surface area contributed by atoms with Crippen molar-refractivity contribution in [3.05, 3.63) is 48.7 Å². The number of imidazole rings is 1. The van der Waals surface area contributed by atoms with Crippen molar-refractivity contribution in [3.63, 3.8) is 0 Å². The Hall–Kier alpha value is -2.89. The van der Waals surface area contributed by atoms with Gasteiger partial charge >= 0.3 is 0 Å². The zero-order valence-electron chi connectivity index (χ0n) is 12.4. The molecule has 1 amide bonds. The number of pyridine rings is 1. The van der Waals surface area contributed by atoms with E-state index in [0.717, 1.165) is 11.2 Å². The summed E-state index contributed by atoms with van der Waals surface area (Å²) in [6, 6.07) is 12.9. The zero-order chi connectivity index (χ0) is 15.5. The highest BCUT2D eigenvalue weighted by molar-refractivity contribution is 5.94. The maximum Gasteiger partial charge on any atom is 0.267 e. The number of rotatable bonds is 4. The van der Waals surface area contributed by atoms with Crippen molar-refractivity contribution in [1.29, 1.82) is 0 Å². The van der Waals surface area contributed by atoms with Gasteiger partial charge in [0, 0.05) is 13.2 Å². The van der Waals surface area contributed by atoms with Crippen LogP contribution in [0, 0.1) is 0 Å². The van der Waals surface area contributed by atoms with Crippen LogP contribution in [0.3, 0.4) is 0 Å². The number of ether oxygens (including phenoxy) is 1. The largest absolute Gasteiger partial charge is 0.481 e. The van der Waals surface area contributed by atoms with Gasteiger partial charge in [0.1, 0.15) is 11.3 Å². The van der Waals surface area contributed by atoms with Crippen LogP contribution in [0.15, 0.2) is 48.7 Å². The predicted molar refractivity (Wildman–Crippen MR) is 83.7 cm³/mol. The normalized spacial score (nSPS) is 12.1. The summed E-state index contributed by atoms with van der Waals surface area (Å²) in [5.41, 5.74) is 1.45. The van der Waals surface area contributed by atoms with Gasteiger partial charge in [0.05, 0.1) is 0 Å². The van der Waals surface area contributed by atoms with Crippen molar-refractivity contribution in [3.8, 4) is 5.75 Å². The van der Waals surface area contributed by atoms with Gasteiger partial charge in [-0.15, -0.1) is 0 Å². The number of carbonyl (C=O) groups excluding carboxylic acids is 1. The number of carbonyl (C=O) groups is 1. The summed E-state index contributed by atoms with van der Waals surface area (Å²) in [4.78, 5) is 20.8. The van der Waals surface area contributed by atoms with E-state index in [4.69, 9.17) is 4.74 Å². The lowest BCUT2D eigenvalue weighted by atomic mass is 10.3. The maximum absolute atomic E-state index is 12.2. The van der Waals surface area contributed by atoms with E-state index in [9.17, 15) is 4.79 Å². The van der Waals surface area contributed by atoms with Crippen molar-refractivity contribution >= 4 is 23.0 Å². The van der Waals surface area contributed by atoms with Crippen LogP contribution in [0.2, 0.25) is 0 Å². The van der Waals surface area contributed by atoms with Gasteiger partial charge in [0.2, 0.25) is 5.95 Å². The average Bonchev–Trinajstić information content (AvgIpc) is 2.85. The van der Waals surface area contributed by atoms with Crippen LogP contribution in [0.5, 0.6) is 5.75 Å². The van der Waals surface area contributed by atoms with Crippen LogP contribution in [0.25, 0.3) is 11.2 Å². The van der Waals surface area contributed by atoms with Crippen LogP contribution >= 0.6 is 0 Å². The Labute approximate surface area is 127 Å². The third kappa shape index (κ3) is 2.76. The lowest BCUT2D eigenvalue weighted by molar-refractivity contribution is -0.122. The Morgan fingerprint density at radius 3 is 2.73 bits per heavy atom. The molecule has 112 valence electrons. The fourth-order valence-electron chi connectivity index (χ4n) is 2.10. The first-order chi connectivity index (χ1) is 10.6. The molecule has 0 bridgehead atoms. The smallest absolute Gasteiger partial charge is 0.267 e. The Morgan fingerprint density at radius 2 is 2.00 bits per heavy atom. The molecule has 6 heteroatoms. The Kier molecular flexibility index (Phi) is 3.74. The molecule has 0 spiro atoms. The molecule has 0 aliphatic heterocycles. The highest BCUT2D eigenvalue weighted by atomic mass is 16.5. The van der Waals surface area contributed by atoms with Gasteiger partial charge in [-0.2, -0.15) is 0 Å². The van der Waals surface area contributed by atoms with Gasteiger partial charge in [-0.1, -0.05) is 18.2 Å². The summed E-state index contributed by atoms with van der Waals surface area (Å²) in [5.74, 6) is 0.835. The van der Waals surface area contributed by atoms with E-state index in [2.05, 4.69) is 15.3 Å². The van der Waals surface area contributed by atoms with E-state index in [0.29, 0.717) is 11.7 Å². The molecular weight excluding hydrogens is 280 g/mol. The number of hydrogen-bond acceptors (Lipinski definition) is 4. The quantitative estimate of drug-likeness (QED) is 0.802. The minimum atomic E-state index is -0.629. The summed E-state index contributed by atoms with van der Waals surface area (Å²) in [5, 5.41) is 2.77. The monoisotopic (exact) mass is 296 g/mol. The van der Waals surface area contributed by atoms with Gasteiger partial charge in [-0.25, -0.2) is 9.97 Å². The molecule has 3 rings (SSSR count). The van der Waals surface area contributed by atoms with Gasteiger partial charge in [-0.05, 0) is 31.2 Å². The van der Waals surface area contributed by atoms with Crippen molar-refractivity contribution in [2.45, 2.75) is 13.0 Å². The molecule has 0 radical (unpaired) electrons. The van der Waals surface area contributed by atoms with E-state index >= 15 is 0 Å². The summed E-state index contributed by atoms with van der Waals surface area (Å²) < 4.78 is 7.34. The molecule has 3 aromatic rings. The second-order valence-electron chi connectivity index (χ2n) is 4.90. The third-order valence-corrected chi connectivity index (χ3v) is 3.29. The topological polar surface area (TPSA) is 69.0 Å². The van der Waals surface area contributed by atoms with E-state index in [1.807, 2.05) is 42.5 Å². The number of nitrogens with one attached hydrogen (secondary N) is 1. The molecule has 1 unspecified atom stereocenters. The first-order valence-corrected chi connectivity index (χ1v) is 6.95. The fourth-order valence-corrected chi connectivity index (χ4v) is 2.10. The summed E-state index contributed by atoms with van der Waals surface area (Å²) in [7, 11) is 1.81.